The number of carbonyl (C=O) groups excluding carboxylic acids is 3. The number of likely N-dealkylation sites (N-methyl/N-ethyl adjacent to an activating group) is 1. The zero-order valence-corrected chi connectivity index (χ0v) is 22.2. The van der Waals surface area contributed by atoms with E-state index in [2.05, 4.69) is 27.8 Å². The first-order valence-electron chi connectivity index (χ1n) is 12.9. The molecule has 1 aromatic heterocycles. The van der Waals surface area contributed by atoms with Crippen molar-refractivity contribution in [2.75, 3.05) is 26.7 Å². The number of hydrogen-bond acceptors (Lipinski definition) is 4. The normalized spacial score (nSPS) is 17.5. The average molecular weight is 496 g/mol. The summed E-state index contributed by atoms with van der Waals surface area (Å²) >= 11 is 0. The lowest BCUT2D eigenvalue weighted by Gasteiger charge is -2.37. The number of rotatable bonds is 10. The van der Waals surface area contributed by atoms with Gasteiger partial charge in [0.25, 0.3) is 5.91 Å². The average Bonchev–Trinajstić information content (AvgIpc) is 3.56. The molecule has 0 bridgehead atoms. The summed E-state index contributed by atoms with van der Waals surface area (Å²) in [6, 6.07) is 12.5. The van der Waals surface area contributed by atoms with Gasteiger partial charge in [0.05, 0.1) is 6.04 Å². The van der Waals surface area contributed by atoms with Crippen molar-refractivity contribution in [3.63, 3.8) is 0 Å². The van der Waals surface area contributed by atoms with Crippen LogP contribution in [-0.4, -0.2) is 77.3 Å². The maximum Gasteiger partial charge on any atom is 0.270 e. The third-order valence-corrected chi connectivity index (χ3v) is 6.95. The second kappa shape index (κ2) is 12.2. The summed E-state index contributed by atoms with van der Waals surface area (Å²) in [6.45, 7) is 9.29. The maximum absolute atomic E-state index is 13.8. The number of amides is 3. The lowest BCUT2D eigenvalue weighted by Crippen LogP contribution is -2.59. The van der Waals surface area contributed by atoms with Crippen molar-refractivity contribution in [3.8, 4) is 0 Å². The molecule has 1 saturated heterocycles. The van der Waals surface area contributed by atoms with E-state index in [9.17, 15) is 14.4 Å². The molecule has 3 N–H and O–H groups in total. The molecule has 3 atom stereocenters. The van der Waals surface area contributed by atoms with Crippen LogP contribution in [-0.2, 0) is 16.0 Å². The minimum absolute atomic E-state index is 0.0706. The molecule has 0 radical (unpaired) electrons. The first-order valence-corrected chi connectivity index (χ1v) is 12.9. The number of H-pyrrole nitrogens is 1. The van der Waals surface area contributed by atoms with Gasteiger partial charge in [-0.05, 0) is 56.3 Å². The number of aromatic nitrogens is 1. The Morgan fingerprint density at radius 2 is 1.86 bits per heavy atom. The van der Waals surface area contributed by atoms with Crippen LogP contribution in [0.15, 0.2) is 48.7 Å². The number of aromatic amines is 1. The van der Waals surface area contributed by atoms with E-state index in [1.807, 2.05) is 54.8 Å². The molecule has 0 spiro atoms. The summed E-state index contributed by atoms with van der Waals surface area (Å²) in [5.41, 5.74) is 1.25. The first-order chi connectivity index (χ1) is 17.1. The Balaban J connectivity index is 1.78. The minimum atomic E-state index is -0.654. The monoisotopic (exact) mass is 495 g/mol. The number of nitrogens with zero attached hydrogens (tertiary/aromatic N) is 2. The molecule has 1 fully saturated rings. The Morgan fingerprint density at radius 1 is 1.14 bits per heavy atom. The van der Waals surface area contributed by atoms with E-state index in [0.29, 0.717) is 25.3 Å². The Kier molecular flexibility index (Phi) is 9.31. The van der Waals surface area contributed by atoms with Crippen molar-refractivity contribution in [1.29, 1.82) is 0 Å². The molecule has 2 heterocycles. The van der Waals surface area contributed by atoms with Gasteiger partial charge in [0.1, 0.15) is 11.7 Å². The van der Waals surface area contributed by atoms with Gasteiger partial charge in [-0.2, -0.15) is 0 Å². The van der Waals surface area contributed by atoms with E-state index in [-0.39, 0.29) is 23.8 Å². The van der Waals surface area contributed by atoms with Gasteiger partial charge in [0, 0.05) is 31.9 Å². The van der Waals surface area contributed by atoms with Crippen molar-refractivity contribution in [2.24, 2.45) is 5.41 Å². The third-order valence-electron chi connectivity index (χ3n) is 6.95. The predicted molar refractivity (Wildman–Crippen MR) is 141 cm³/mol. The first kappa shape index (κ1) is 27.5. The van der Waals surface area contributed by atoms with E-state index in [4.69, 9.17) is 0 Å². The lowest BCUT2D eigenvalue weighted by atomic mass is 9.85. The molecule has 0 saturated carbocycles. The highest BCUT2D eigenvalue weighted by molar-refractivity contribution is 5.93. The fourth-order valence-electron chi connectivity index (χ4n) is 4.60. The number of benzene rings is 1. The van der Waals surface area contributed by atoms with Crippen LogP contribution < -0.4 is 10.6 Å². The topological polar surface area (TPSA) is 97.5 Å². The summed E-state index contributed by atoms with van der Waals surface area (Å²) in [6.07, 6.45) is 4.17. The fourth-order valence-corrected chi connectivity index (χ4v) is 4.60. The Morgan fingerprint density at radius 3 is 2.47 bits per heavy atom. The van der Waals surface area contributed by atoms with E-state index in [1.54, 1.807) is 26.2 Å². The van der Waals surface area contributed by atoms with Gasteiger partial charge >= 0.3 is 0 Å². The van der Waals surface area contributed by atoms with Crippen LogP contribution in [0.25, 0.3) is 0 Å². The fraction of sp³-hybridized carbons (Fsp3) is 0.536. The summed E-state index contributed by atoms with van der Waals surface area (Å²) < 4.78 is 0. The Bertz CT molecular complexity index is 1000. The molecule has 1 aliphatic heterocycles. The molecule has 3 amide bonds. The minimum Gasteiger partial charge on any atom is -0.357 e. The van der Waals surface area contributed by atoms with Gasteiger partial charge in [-0.15, -0.1) is 0 Å². The molecule has 8 heteroatoms. The van der Waals surface area contributed by atoms with Gasteiger partial charge in [0.2, 0.25) is 11.8 Å². The number of carbonyl (C=O) groups is 3. The highest BCUT2D eigenvalue weighted by atomic mass is 16.2. The molecule has 3 unspecified atom stereocenters. The van der Waals surface area contributed by atoms with Crippen LogP contribution in [0.4, 0.5) is 0 Å². The predicted octanol–water partition coefficient (Wildman–Crippen LogP) is 2.83. The summed E-state index contributed by atoms with van der Waals surface area (Å²) in [7, 11) is 1.72. The quantitative estimate of drug-likeness (QED) is 0.472. The van der Waals surface area contributed by atoms with E-state index < -0.39 is 17.5 Å². The second-order valence-electron chi connectivity index (χ2n) is 10.7. The molecule has 2 aromatic rings. The van der Waals surface area contributed by atoms with Crippen LogP contribution in [0.2, 0.25) is 0 Å². The molecule has 8 nitrogen and oxygen atoms in total. The summed E-state index contributed by atoms with van der Waals surface area (Å²) in [5.74, 6) is -0.358. The molecular weight excluding hydrogens is 454 g/mol. The van der Waals surface area contributed by atoms with E-state index in [1.165, 1.54) is 0 Å². The van der Waals surface area contributed by atoms with Gasteiger partial charge in [-0.1, -0.05) is 51.1 Å². The Labute approximate surface area is 214 Å². The summed E-state index contributed by atoms with van der Waals surface area (Å²) in [4.78, 5) is 46.6. The van der Waals surface area contributed by atoms with E-state index in [0.717, 1.165) is 24.8 Å². The lowest BCUT2D eigenvalue weighted by molar-refractivity contribution is -0.140. The Hall–Kier alpha value is -3.13. The van der Waals surface area contributed by atoms with Crippen molar-refractivity contribution in [2.45, 2.75) is 65.1 Å². The smallest absolute Gasteiger partial charge is 0.270 e. The van der Waals surface area contributed by atoms with Crippen molar-refractivity contribution in [1.82, 2.24) is 25.4 Å². The van der Waals surface area contributed by atoms with Crippen LogP contribution >= 0.6 is 0 Å². The zero-order chi connectivity index (χ0) is 26.3. The molecular formula is C28H41N5O3. The number of nitrogens with one attached hydrogen (secondary N) is 3. The third kappa shape index (κ3) is 6.97. The van der Waals surface area contributed by atoms with Crippen molar-refractivity contribution >= 4 is 17.7 Å². The molecule has 3 rings (SSSR count). The van der Waals surface area contributed by atoms with Gasteiger partial charge in [-0.3, -0.25) is 14.4 Å². The summed E-state index contributed by atoms with van der Waals surface area (Å²) in [5, 5.41) is 5.91. The molecule has 0 aliphatic carbocycles. The van der Waals surface area contributed by atoms with E-state index >= 15 is 0 Å². The number of hydrogen-bond donors (Lipinski definition) is 3. The van der Waals surface area contributed by atoms with Gasteiger partial charge < -0.3 is 25.4 Å². The van der Waals surface area contributed by atoms with Gasteiger partial charge in [-0.25, -0.2) is 0 Å². The van der Waals surface area contributed by atoms with Crippen molar-refractivity contribution < 1.29 is 14.4 Å². The highest BCUT2D eigenvalue weighted by Gasteiger charge is 2.40. The van der Waals surface area contributed by atoms with Crippen LogP contribution in [0.3, 0.4) is 0 Å². The van der Waals surface area contributed by atoms with Crippen molar-refractivity contribution in [3.05, 3.63) is 59.9 Å². The second-order valence-corrected chi connectivity index (χ2v) is 10.7. The van der Waals surface area contributed by atoms with Crippen LogP contribution in [0.1, 0.15) is 56.6 Å². The highest BCUT2D eigenvalue weighted by Crippen LogP contribution is 2.26. The molecule has 1 aliphatic rings. The molecule has 196 valence electrons. The standard InChI is InChI=1S/C28H41N5O3/c1-20(29-5)25(34)31-24(28(2,3)4)27(36)33-17-10-13-22(33)19-32(26(35)23-14-9-16-30-23)18-15-21-11-7-6-8-12-21/h6-9,11-12,14,16,20,22,24,29-30H,10,13,15,17-19H2,1-5H3,(H,31,34). The molecule has 36 heavy (non-hydrogen) atoms. The number of likely N-dealkylation sites (tertiary alicyclic amines) is 1. The van der Waals surface area contributed by atoms with Gasteiger partial charge in [0.15, 0.2) is 0 Å². The largest absolute Gasteiger partial charge is 0.357 e. The molecule has 1 aromatic carbocycles. The van der Waals surface area contributed by atoms with Crippen LogP contribution in [0.5, 0.6) is 0 Å². The van der Waals surface area contributed by atoms with Crippen LogP contribution in [0, 0.1) is 5.41 Å². The zero-order valence-electron chi connectivity index (χ0n) is 22.2. The maximum atomic E-state index is 13.8. The SMILES string of the molecule is CNC(C)C(=O)NC(C(=O)N1CCCC1CN(CCc1ccccc1)C(=O)c1ccc[nH]1)C(C)(C)C.